The molecule has 1 N–H and O–H groups in total. The van der Waals surface area contributed by atoms with E-state index in [-0.39, 0.29) is 24.8 Å². The molecule has 1 amide bonds. The molecule has 0 aliphatic carbocycles. The zero-order chi connectivity index (χ0) is 20.1. The summed E-state index contributed by atoms with van der Waals surface area (Å²) in [5, 5.41) is 19.1. The molecule has 0 aliphatic rings. The summed E-state index contributed by atoms with van der Waals surface area (Å²) in [6.45, 7) is 0.211. The topological polar surface area (TPSA) is 71.2 Å². The fourth-order valence-corrected chi connectivity index (χ4v) is 3.92. The van der Waals surface area contributed by atoms with E-state index in [0.29, 0.717) is 26.6 Å². The van der Waals surface area contributed by atoms with E-state index in [9.17, 15) is 4.79 Å². The van der Waals surface area contributed by atoms with Gasteiger partial charge >= 0.3 is 0 Å². The molecule has 3 aromatic rings. The van der Waals surface area contributed by atoms with Gasteiger partial charge in [-0.25, -0.2) is 0 Å². The lowest BCUT2D eigenvalue weighted by atomic mass is 10.2. The maximum atomic E-state index is 12.2. The molecule has 0 bridgehead atoms. The third-order valence-corrected chi connectivity index (χ3v) is 5.47. The van der Waals surface area contributed by atoms with Crippen molar-refractivity contribution in [3.05, 3.63) is 58.6 Å². The Kier molecular flexibility index (Phi) is 6.96. The van der Waals surface area contributed by atoms with Crippen LogP contribution >= 0.6 is 35.0 Å². The normalized spacial score (nSPS) is 10.9. The molecule has 0 aliphatic heterocycles. The van der Waals surface area contributed by atoms with Gasteiger partial charge in [-0.15, -0.1) is 10.2 Å². The van der Waals surface area contributed by atoms with Crippen molar-refractivity contribution in [1.82, 2.24) is 19.7 Å². The van der Waals surface area contributed by atoms with E-state index in [0.717, 1.165) is 5.69 Å². The third-order valence-electron chi connectivity index (χ3n) is 4.01. The molecule has 9 heteroatoms. The summed E-state index contributed by atoms with van der Waals surface area (Å²) in [5.41, 5.74) is 1.55. The molecule has 2 aromatic carbocycles. The van der Waals surface area contributed by atoms with E-state index in [2.05, 4.69) is 10.2 Å². The van der Waals surface area contributed by atoms with Gasteiger partial charge in [-0.05, 0) is 30.3 Å². The monoisotopic (exact) mass is 436 g/mol. The van der Waals surface area contributed by atoms with Crippen LogP contribution in [0.25, 0.3) is 17.1 Å². The average molecular weight is 437 g/mol. The first kappa shape index (κ1) is 20.7. The van der Waals surface area contributed by atoms with Crippen molar-refractivity contribution in [3.63, 3.8) is 0 Å². The van der Waals surface area contributed by atoms with Crippen molar-refractivity contribution in [3.8, 4) is 17.1 Å². The number of nitrogens with zero attached hydrogens (tertiary/aromatic N) is 4. The van der Waals surface area contributed by atoms with Gasteiger partial charge in [0.25, 0.3) is 0 Å². The van der Waals surface area contributed by atoms with Gasteiger partial charge < -0.3 is 10.0 Å². The molecule has 1 heterocycles. The summed E-state index contributed by atoms with van der Waals surface area (Å²) < 4.78 is 1.86. The fraction of sp³-hybridized carbons (Fsp3) is 0.211. The number of hydrogen-bond donors (Lipinski definition) is 1. The number of rotatable bonds is 7. The number of amides is 1. The second-order valence-corrected chi connectivity index (χ2v) is 7.72. The summed E-state index contributed by atoms with van der Waals surface area (Å²) in [6, 6.07) is 14.8. The van der Waals surface area contributed by atoms with Crippen LogP contribution in [0.3, 0.4) is 0 Å². The van der Waals surface area contributed by atoms with Crippen LogP contribution in [-0.4, -0.2) is 56.6 Å². The number of carbonyl (C=O) groups is 1. The van der Waals surface area contributed by atoms with E-state index in [4.69, 9.17) is 28.3 Å². The van der Waals surface area contributed by atoms with Gasteiger partial charge in [0.15, 0.2) is 11.0 Å². The SMILES string of the molecule is CN(CCO)C(=O)CSc1nnc(-c2ccc(Cl)cc2Cl)n1-c1ccccc1. The van der Waals surface area contributed by atoms with Crippen LogP contribution in [0, 0.1) is 0 Å². The molecule has 28 heavy (non-hydrogen) atoms. The number of likely N-dealkylation sites (N-methyl/N-ethyl adjacent to an activating group) is 1. The molecule has 0 saturated heterocycles. The van der Waals surface area contributed by atoms with Crippen molar-refractivity contribution in [2.24, 2.45) is 0 Å². The highest BCUT2D eigenvalue weighted by Crippen LogP contribution is 2.33. The molecule has 0 spiro atoms. The van der Waals surface area contributed by atoms with Gasteiger partial charge in [0.2, 0.25) is 5.91 Å². The number of aliphatic hydroxyl groups is 1. The average Bonchev–Trinajstić information content (AvgIpc) is 3.10. The molecule has 0 saturated carbocycles. The Balaban J connectivity index is 1.97. The summed E-state index contributed by atoms with van der Waals surface area (Å²) in [5.74, 6) is 0.634. The van der Waals surface area contributed by atoms with Gasteiger partial charge in [0.1, 0.15) is 0 Å². The second-order valence-electron chi connectivity index (χ2n) is 5.93. The van der Waals surface area contributed by atoms with Crippen LogP contribution in [0.5, 0.6) is 0 Å². The highest BCUT2D eigenvalue weighted by molar-refractivity contribution is 7.99. The summed E-state index contributed by atoms with van der Waals surface area (Å²) in [7, 11) is 1.65. The van der Waals surface area contributed by atoms with Gasteiger partial charge in [-0.2, -0.15) is 0 Å². The first-order chi connectivity index (χ1) is 13.5. The predicted octanol–water partition coefficient (Wildman–Crippen LogP) is 3.78. The van der Waals surface area contributed by atoms with E-state index in [1.165, 1.54) is 16.7 Å². The number of carbonyl (C=O) groups excluding carboxylic acids is 1. The Bertz CT molecular complexity index is 966. The van der Waals surface area contributed by atoms with Gasteiger partial charge in [0.05, 0.1) is 17.4 Å². The minimum absolute atomic E-state index is 0.0771. The molecule has 146 valence electrons. The Hall–Kier alpha value is -2.06. The Morgan fingerprint density at radius 1 is 1.18 bits per heavy atom. The second kappa shape index (κ2) is 9.43. The summed E-state index contributed by atoms with van der Waals surface area (Å²) in [4.78, 5) is 13.7. The van der Waals surface area contributed by atoms with Gasteiger partial charge in [0, 0.05) is 29.9 Å². The van der Waals surface area contributed by atoms with Crippen LogP contribution in [-0.2, 0) is 4.79 Å². The molecule has 0 fully saturated rings. The largest absolute Gasteiger partial charge is 0.395 e. The van der Waals surface area contributed by atoms with Crippen LogP contribution in [0.4, 0.5) is 0 Å². The number of para-hydroxylation sites is 1. The lowest BCUT2D eigenvalue weighted by molar-refractivity contribution is -0.127. The molecule has 1 aromatic heterocycles. The van der Waals surface area contributed by atoms with Crippen molar-refractivity contribution in [1.29, 1.82) is 0 Å². The van der Waals surface area contributed by atoms with Gasteiger partial charge in [-0.1, -0.05) is 53.2 Å². The van der Waals surface area contributed by atoms with Crippen LogP contribution in [0.2, 0.25) is 10.0 Å². The summed E-state index contributed by atoms with van der Waals surface area (Å²) in [6.07, 6.45) is 0. The first-order valence-electron chi connectivity index (χ1n) is 8.45. The maximum absolute atomic E-state index is 12.2. The predicted molar refractivity (Wildman–Crippen MR) is 112 cm³/mol. The lowest BCUT2D eigenvalue weighted by Crippen LogP contribution is -2.30. The molecular weight excluding hydrogens is 419 g/mol. The van der Waals surface area contributed by atoms with E-state index >= 15 is 0 Å². The highest BCUT2D eigenvalue weighted by Gasteiger charge is 2.20. The van der Waals surface area contributed by atoms with Crippen molar-refractivity contribution in [2.45, 2.75) is 5.16 Å². The molecule has 3 rings (SSSR count). The molecular formula is C19H18Cl2N4O2S. The molecule has 6 nitrogen and oxygen atoms in total. The van der Waals surface area contributed by atoms with E-state index in [1.807, 2.05) is 34.9 Å². The highest BCUT2D eigenvalue weighted by atomic mass is 35.5. The Morgan fingerprint density at radius 2 is 1.93 bits per heavy atom. The Labute approximate surface area is 177 Å². The Morgan fingerprint density at radius 3 is 2.61 bits per heavy atom. The maximum Gasteiger partial charge on any atom is 0.232 e. The number of halogens is 2. The minimum Gasteiger partial charge on any atom is -0.395 e. The van der Waals surface area contributed by atoms with E-state index in [1.54, 1.807) is 25.2 Å². The van der Waals surface area contributed by atoms with Crippen molar-refractivity contribution < 1.29 is 9.90 Å². The number of benzene rings is 2. The molecule has 0 atom stereocenters. The zero-order valence-electron chi connectivity index (χ0n) is 15.0. The van der Waals surface area contributed by atoms with Crippen molar-refractivity contribution in [2.75, 3.05) is 26.0 Å². The van der Waals surface area contributed by atoms with Crippen LogP contribution in [0.1, 0.15) is 0 Å². The number of aliphatic hydroxyl groups excluding tert-OH is 1. The van der Waals surface area contributed by atoms with Crippen LogP contribution in [0.15, 0.2) is 53.7 Å². The molecule has 0 radical (unpaired) electrons. The van der Waals surface area contributed by atoms with E-state index < -0.39 is 0 Å². The third kappa shape index (κ3) is 4.67. The standard InChI is InChI=1S/C19H18Cl2N4O2S/c1-24(9-10-26)17(27)12-28-19-23-22-18(15-8-7-13(20)11-16(15)21)25(19)14-5-3-2-4-6-14/h2-8,11,26H,9-10,12H2,1H3. The number of hydrogen-bond acceptors (Lipinski definition) is 5. The zero-order valence-corrected chi connectivity index (χ0v) is 17.4. The minimum atomic E-state index is -0.104. The van der Waals surface area contributed by atoms with Crippen LogP contribution < -0.4 is 0 Å². The summed E-state index contributed by atoms with van der Waals surface area (Å²) >= 11 is 13.7. The first-order valence-corrected chi connectivity index (χ1v) is 10.2. The lowest BCUT2D eigenvalue weighted by Gasteiger charge is -2.15. The number of aromatic nitrogens is 3. The smallest absolute Gasteiger partial charge is 0.232 e. The quantitative estimate of drug-likeness (QED) is 0.570. The number of thioether (sulfide) groups is 1. The van der Waals surface area contributed by atoms with Gasteiger partial charge in [-0.3, -0.25) is 9.36 Å². The van der Waals surface area contributed by atoms with Crippen molar-refractivity contribution >= 4 is 40.9 Å². The fourth-order valence-electron chi connectivity index (χ4n) is 2.53. The molecule has 0 unspecified atom stereocenters.